The molecule has 0 spiro atoms. The number of benzene rings is 1. The van der Waals surface area contributed by atoms with Crippen molar-refractivity contribution in [3.05, 3.63) is 29.3 Å². The van der Waals surface area contributed by atoms with Gasteiger partial charge in [0.1, 0.15) is 15.6 Å². The van der Waals surface area contributed by atoms with Gasteiger partial charge in [0.25, 0.3) is 0 Å². The van der Waals surface area contributed by atoms with Crippen LogP contribution in [0.2, 0.25) is 0 Å². The van der Waals surface area contributed by atoms with Crippen LogP contribution in [0.5, 0.6) is 5.75 Å². The minimum atomic E-state index is -2.99. The number of rotatable bonds is 7. The topological polar surface area (TPSA) is 79.8 Å². The van der Waals surface area contributed by atoms with Gasteiger partial charge >= 0.3 is 0 Å². The van der Waals surface area contributed by atoms with Crippen molar-refractivity contribution in [3.63, 3.8) is 0 Å². The maximum Gasteiger partial charge on any atom is 0.191 e. The molecule has 0 radical (unpaired) electrons. The summed E-state index contributed by atoms with van der Waals surface area (Å²) >= 11 is 0. The number of nitrogens with zero attached hydrogens (tertiary/aromatic N) is 1. The first-order valence-electron chi connectivity index (χ1n) is 7.59. The number of sulfone groups is 1. The first kappa shape index (κ1) is 19.3. The molecule has 0 saturated carbocycles. The molecule has 130 valence electrons. The fourth-order valence-corrected chi connectivity index (χ4v) is 2.40. The highest BCUT2D eigenvalue weighted by Gasteiger charge is 2.08. The lowest BCUT2D eigenvalue weighted by molar-refractivity contribution is 0.239. The van der Waals surface area contributed by atoms with Crippen molar-refractivity contribution in [1.29, 1.82) is 0 Å². The molecule has 1 rings (SSSR count). The van der Waals surface area contributed by atoms with Crippen LogP contribution in [0.1, 0.15) is 25.0 Å². The molecule has 0 amide bonds. The molecule has 2 N–H and O–H groups in total. The number of nitrogens with one attached hydrogen (secondary N) is 2. The van der Waals surface area contributed by atoms with Crippen molar-refractivity contribution in [2.45, 2.75) is 33.4 Å². The molecule has 0 saturated heterocycles. The minimum Gasteiger partial charge on any atom is -0.491 e. The summed E-state index contributed by atoms with van der Waals surface area (Å²) < 4.78 is 28.1. The second-order valence-corrected chi connectivity index (χ2v) is 8.02. The van der Waals surface area contributed by atoms with Gasteiger partial charge in [-0.3, -0.25) is 4.99 Å². The van der Waals surface area contributed by atoms with Crippen LogP contribution in [-0.2, 0) is 16.4 Å². The zero-order valence-corrected chi connectivity index (χ0v) is 15.3. The van der Waals surface area contributed by atoms with E-state index in [1.165, 1.54) is 6.26 Å². The molecule has 6 nitrogen and oxygen atoms in total. The van der Waals surface area contributed by atoms with Gasteiger partial charge < -0.3 is 15.4 Å². The molecule has 23 heavy (non-hydrogen) atoms. The third-order valence-electron chi connectivity index (χ3n) is 3.02. The van der Waals surface area contributed by atoms with Crippen LogP contribution in [-0.4, -0.2) is 46.1 Å². The van der Waals surface area contributed by atoms with E-state index >= 15 is 0 Å². The Kier molecular flexibility index (Phi) is 7.35. The third-order valence-corrected chi connectivity index (χ3v) is 3.97. The summed E-state index contributed by atoms with van der Waals surface area (Å²) in [6, 6.07) is 6.06. The number of aliphatic imine (C=N–C) groups is 1. The molecule has 0 fully saturated rings. The Balaban J connectivity index is 2.65. The predicted molar refractivity (Wildman–Crippen MR) is 94.9 cm³/mol. The molecule has 0 bridgehead atoms. The van der Waals surface area contributed by atoms with Crippen molar-refractivity contribution in [2.24, 2.45) is 4.99 Å². The van der Waals surface area contributed by atoms with E-state index in [-0.39, 0.29) is 11.9 Å². The van der Waals surface area contributed by atoms with E-state index in [0.29, 0.717) is 19.0 Å². The molecule has 0 aliphatic carbocycles. The van der Waals surface area contributed by atoms with Crippen LogP contribution in [0.3, 0.4) is 0 Å². The molecule has 1 aromatic rings. The van der Waals surface area contributed by atoms with E-state index in [2.05, 4.69) is 15.6 Å². The molecule has 7 heteroatoms. The van der Waals surface area contributed by atoms with Gasteiger partial charge in [-0.2, -0.15) is 0 Å². The lowest BCUT2D eigenvalue weighted by Gasteiger charge is -2.17. The second-order valence-electron chi connectivity index (χ2n) is 5.76. The van der Waals surface area contributed by atoms with Gasteiger partial charge in [0.15, 0.2) is 5.96 Å². The van der Waals surface area contributed by atoms with Crippen LogP contribution in [0, 0.1) is 6.92 Å². The smallest absolute Gasteiger partial charge is 0.191 e. The number of hydrogen-bond donors (Lipinski definition) is 2. The van der Waals surface area contributed by atoms with E-state index < -0.39 is 9.84 Å². The molecule has 0 aromatic heterocycles. The fourth-order valence-electron chi connectivity index (χ4n) is 1.93. The van der Waals surface area contributed by atoms with Gasteiger partial charge in [0.2, 0.25) is 0 Å². The van der Waals surface area contributed by atoms with E-state index in [1.54, 1.807) is 7.05 Å². The molecular weight excluding hydrogens is 314 g/mol. The zero-order valence-electron chi connectivity index (χ0n) is 14.5. The number of guanidine groups is 1. The van der Waals surface area contributed by atoms with E-state index in [4.69, 9.17) is 4.74 Å². The predicted octanol–water partition coefficient (Wildman–Crippen LogP) is 1.49. The highest BCUT2D eigenvalue weighted by molar-refractivity contribution is 7.90. The van der Waals surface area contributed by atoms with Crippen LogP contribution < -0.4 is 15.4 Å². The zero-order chi connectivity index (χ0) is 17.5. The third kappa shape index (κ3) is 7.88. The summed E-state index contributed by atoms with van der Waals surface area (Å²) in [5, 5.41) is 6.16. The molecule has 1 aromatic carbocycles. The highest BCUT2D eigenvalue weighted by Crippen LogP contribution is 2.21. The summed E-state index contributed by atoms with van der Waals surface area (Å²) in [7, 11) is -1.34. The maximum absolute atomic E-state index is 11.1. The summed E-state index contributed by atoms with van der Waals surface area (Å²) in [6.07, 6.45) is 1.31. The van der Waals surface area contributed by atoms with Crippen molar-refractivity contribution in [2.75, 3.05) is 25.6 Å². The van der Waals surface area contributed by atoms with Crippen LogP contribution in [0.4, 0.5) is 0 Å². The largest absolute Gasteiger partial charge is 0.491 e. The molecule has 0 unspecified atom stereocenters. The lowest BCUT2D eigenvalue weighted by atomic mass is 10.1. The Hall–Kier alpha value is -1.76. The van der Waals surface area contributed by atoms with Gasteiger partial charge in [-0.25, -0.2) is 8.42 Å². The van der Waals surface area contributed by atoms with Crippen molar-refractivity contribution < 1.29 is 13.2 Å². The van der Waals surface area contributed by atoms with Gasteiger partial charge in [0.05, 0.1) is 11.9 Å². The Bertz CT molecular complexity index is 640. The number of aryl methyl sites for hydroxylation is 1. The monoisotopic (exact) mass is 341 g/mol. The fraction of sp³-hybridized carbons (Fsp3) is 0.562. The SMILES string of the molecule is CN=C(NCCS(C)(=O)=O)NCc1ccc(C)cc1OC(C)C. The molecule has 0 atom stereocenters. The Morgan fingerprint density at radius 3 is 2.57 bits per heavy atom. The average molecular weight is 341 g/mol. The average Bonchev–Trinajstić information content (AvgIpc) is 2.42. The van der Waals surface area contributed by atoms with E-state index in [0.717, 1.165) is 16.9 Å². The number of hydrogen-bond acceptors (Lipinski definition) is 4. The van der Waals surface area contributed by atoms with Gasteiger partial charge in [0, 0.05) is 32.0 Å². The highest BCUT2D eigenvalue weighted by atomic mass is 32.2. The van der Waals surface area contributed by atoms with Crippen LogP contribution in [0.15, 0.2) is 23.2 Å². The van der Waals surface area contributed by atoms with Crippen LogP contribution >= 0.6 is 0 Å². The Labute approximate surface area is 139 Å². The first-order chi connectivity index (χ1) is 10.7. The number of ether oxygens (including phenoxy) is 1. The lowest BCUT2D eigenvalue weighted by Crippen LogP contribution is -2.39. The van der Waals surface area contributed by atoms with Crippen molar-refractivity contribution in [1.82, 2.24) is 10.6 Å². The normalized spacial score (nSPS) is 12.3. The standard InChI is InChI=1S/C16H27N3O3S/c1-12(2)22-15-10-13(3)6-7-14(15)11-19-16(17-4)18-8-9-23(5,20)21/h6-7,10,12H,8-9,11H2,1-5H3,(H2,17,18,19). The summed E-state index contributed by atoms with van der Waals surface area (Å²) in [5.41, 5.74) is 2.16. The maximum atomic E-state index is 11.1. The van der Waals surface area contributed by atoms with Gasteiger partial charge in [-0.15, -0.1) is 0 Å². The Morgan fingerprint density at radius 1 is 1.30 bits per heavy atom. The van der Waals surface area contributed by atoms with E-state index in [1.807, 2.05) is 39.0 Å². The van der Waals surface area contributed by atoms with E-state index in [9.17, 15) is 8.42 Å². The molecule has 0 aliphatic heterocycles. The Morgan fingerprint density at radius 2 is 2.00 bits per heavy atom. The second kappa shape index (κ2) is 8.76. The van der Waals surface area contributed by atoms with Gasteiger partial charge in [-0.05, 0) is 32.4 Å². The minimum absolute atomic E-state index is 0.0694. The molecule has 0 heterocycles. The molecule has 0 aliphatic rings. The summed E-state index contributed by atoms with van der Waals surface area (Å²) in [4.78, 5) is 4.09. The first-order valence-corrected chi connectivity index (χ1v) is 9.65. The quantitative estimate of drug-likeness (QED) is 0.580. The van der Waals surface area contributed by atoms with Gasteiger partial charge in [-0.1, -0.05) is 12.1 Å². The summed E-state index contributed by atoms with van der Waals surface area (Å²) in [5.74, 6) is 1.48. The summed E-state index contributed by atoms with van der Waals surface area (Å²) in [6.45, 7) is 6.87. The van der Waals surface area contributed by atoms with Crippen molar-refractivity contribution in [3.8, 4) is 5.75 Å². The molecular formula is C16H27N3O3S. The van der Waals surface area contributed by atoms with Crippen LogP contribution in [0.25, 0.3) is 0 Å². The van der Waals surface area contributed by atoms with Crippen molar-refractivity contribution >= 4 is 15.8 Å².